The van der Waals surface area contributed by atoms with Crippen LogP contribution < -0.4 is 5.32 Å². The minimum absolute atomic E-state index is 0.0357. The number of nitrogens with zero attached hydrogens (tertiary/aromatic N) is 1. The third-order valence-electron chi connectivity index (χ3n) is 5.86. The maximum atomic E-state index is 12.5. The summed E-state index contributed by atoms with van der Waals surface area (Å²) in [6.45, 7) is 5.85. The van der Waals surface area contributed by atoms with Gasteiger partial charge in [0.2, 0.25) is 5.76 Å². The van der Waals surface area contributed by atoms with Crippen LogP contribution in [0.3, 0.4) is 0 Å². The zero-order valence-electron chi connectivity index (χ0n) is 17.3. The van der Waals surface area contributed by atoms with Crippen LogP contribution in [0.1, 0.15) is 50.6 Å². The van der Waals surface area contributed by atoms with Gasteiger partial charge in [0.05, 0.1) is 4.92 Å². The van der Waals surface area contributed by atoms with E-state index in [1.165, 1.54) is 37.3 Å². The Kier molecular flexibility index (Phi) is 6.54. The SMILES string of the molecule is CC(OC(=O)c1ccc(-c2ccc([N+](=O)[O-])cc2)o1)C(=O)NC1CCCC(C)C1C. The van der Waals surface area contributed by atoms with Gasteiger partial charge in [-0.2, -0.15) is 0 Å². The lowest BCUT2D eigenvalue weighted by Crippen LogP contribution is -2.47. The molecule has 1 N–H and O–H groups in total. The summed E-state index contributed by atoms with van der Waals surface area (Å²) in [5, 5.41) is 13.7. The van der Waals surface area contributed by atoms with Crippen LogP contribution in [0.25, 0.3) is 11.3 Å². The van der Waals surface area contributed by atoms with Crippen LogP contribution in [0.5, 0.6) is 0 Å². The Labute approximate surface area is 174 Å². The van der Waals surface area contributed by atoms with Crippen molar-refractivity contribution < 1.29 is 23.7 Å². The fourth-order valence-corrected chi connectivity index (χ4v) is 3.71. The van der Waals surface area contributed by atoms with Crippen LogP contribution >= 0.6 is 0 Å². The first kappa shape index (κ1) is 21.5. The number of ether oxygens (including phenoxy) is 1. The van der Waals surface area contributed by atoms with Crippen molar-refractivity contribution in [2.75, 3.05) is 0 Å². The molecule has 0 aliphatic heterocycles. The van der Waals surface area contributed by atoms with Crippen molar-refractivity contribution in [3.05, 3.63) is 52.3 Å². The number of nitrogens with one attached hydrogen (secondary N) is 1. The van der Waals surface area contributed by atoms with Crippen molar-refractivity contribution in [1.29, 1.82) is 0 Å². The number of hydrogen-bond acceptors (Lipinski definition) is 6. The van der Waals surface area contributed by atoms with Crippen LogP contribution in [-0.2, 0) is 9.53 Å². The number of carbonyl (C=O) groups is 2. The first-order valence-electron chi connectivity index (χ1n) is 10.1. The number of benzene rings is 1. The van der Waals surface area contributed by atoms with Crippen LogP contribution in [-0.4, -0.2) is 28.9 Å². The first-order valence-corrected chi connectivity index (χ1v) is 10.1. The molecular weight excluding hydrogens is 388 g/mol. The summed E-state index contributed by atoms with van der Waals surface area (Å²) >= 11 is 0. The minimum Gasteiger partial charge on any atom is -0.449 e. The van der Waals surface area contributed by atoms with Crippen molar-refractivity contribution in [2.45, 2.75) is 52.2 Å². The Morgan fingerprint density at radius 2 is 1.87 bits per heavy atom. The van der Waals surface area contributed by atoms with E-state index in [1.807, 2.05) is 0 Å². The average molecular weight is 414 g/mol. The van der Waals surface area contributed by atoms with Gasteiger partial charge in [0, 0.05) is 23.7 Å². The molecule has 1 aromatic heterocycles. The lowest BCUT2D eigenvalue weighted by Gasteiger charge is -2.35. The summed E-state index contributed by atoms with van der Waals surface area (Å²) in [6, 6.07) is 8.90. The summed E-state index contributed by atoms with van der Waals surface area (Å²) < 4.78 is 10.8. The largest absolute Gasteiger partial charge is 0.449 e. The van der Waals surface area contributed by atoms with Gasteiger partial charge in [-0.3, -0.25) is 14.9 Å². The zero-order valence-corrected chi connectivity index (χ0v) is 17.3. The van der Waals surface area contributed by atoms with Gasteiger partial charge in [-0.05, 0) is 49.4 Å². The molecule has 1 fully saturated rings. The molecule has 4 atom stereocenters. The second kappa shape index (κ2) is 9.11. The van der Waals surface area contributed by atoms with Gasteiger partial charge >= 0.3 is 5.97 Å². The molecule has 8 nitrogen and oxygen atoms in total. The number of amides is 1. The number of nitro benzene ring substituents is 1. The molecule has 4 unspecified atom stereocenters. The number of hydrogen-bond donors (Lipinski definition) is 1. The highest BCUT2D eigenvalue weighted by molar-refractivity contribution is 5.90. The topological polar surface area (TPSA) is 112 Å². The van der Waals surface area contributed by atoms with Crippen LogP contribution in [0, 0.1) is 22.0 Å². The monoisotopic (exact) mass is 414 g/mol. The van der Waals surface area contributed by atoms with Crippen molar-refractivity contribution in [1.82, 2.24) is 5.32 Å². The lowest BCUT2D eigenvalue weighted by atomic mass is 9.78. The van der Waals surface area contributed by atoms with Crippen LogP contribution in [0.2, 0.25) is 0 Å². The molecule has 2 aromatic rings. The molecule has 0 bridgehead atoms. The Morgan fingerprint density at radius 1 is 1.17 bits per heavy atom. The van der Waals surface area contributed by atoms with E-state index in [4.69, 9.17) is 9.15 Å². The zero-order chi connectivity index (χ0) is 21.8. The Hall–Kier alpha value is -3.16. The van der Waals surface area contributed by atoms with Gasteiger partial charge in [0.25, 0.3) is 11.6 Å². The molecular formula is C22H26N2O6. The normalized spacial score (nSPS) is 22.2. The summed E-state index contributed by atoms with van der Waals surface area (Å²) in [5.74, 6) is 0.191. The number of esters is 1. The highest BCUT2D eigenvalue weighted by Gasteiger charge is 2.30. The molecule has 8 heteroatoms. The van der Waals surface area contributed by atoms with Gasteiger partial charge < -0.3 is 14.5 Å². The minimum atomic E-state index is -0.949. The second-order valence-corrected chi connectivity index (χ2v) is 7.90. The molecule has 3 rings (SSSR count). The molecule has 1 aliphatic carbocycles. The number of rotatable bonds is 6. The Bertz CT molecular complexity index is 920. The van der Waals surface area contributed by atoms with E-state index >= 15 is 0 Å². The van der Waals surface area contributed by atoms with E-state index in [9.17, 15) is 19.7 Å². The van der Waals surface area contributed by atoms with E-state index in [2.05, 4.69) is 19.2 Å². The predicted molar refractivity (Wildman–Crippen MR) is 110 cm³/mol. The van der Waals surface area contributed by atoms with E-state index in [-0.39, 0.29) is 23.4 Å². The summed E-state index contributed by atoms with van der Waals surface area (Å²) in [6.07, 6.45) is 2.21. The van der Waals surface area contributed by atoms with Gasteiger partial charge in [-0.25, -0.2) is 4.79 Å². The standard InChI is InChI=1S/C22H26N2O6/c1-13-5-4-6-18(14(13)2)23-21(25)15(3)29-22(26)20-12-11-19(30-20)16-7-9-17(10-8-16)24(27)28/h7-15,18H,4-6H2,1-3H3,(H,23,25). The molecule has 0 radical (unpaired) electrons. The second-order valence-electron chi connectivity index (χ2n) is 7.90. The maximum Gasteiger partial charge on any atom is 0.375 e. The van der Waals surface area contributed by atoms with Crippen LogP contribution in [0.4, 0.5) is 5.69 Å². The Balaban J connectivity index is 1.59. The predicted octanol–water partition coefficient (Wildman–Crippen LogP) is 4.34. The fourth-order valence-electron chi connectivity index (χ4n) is 3.71. The third-order valence-corrected chi connectivity index (χ3v) is 5.86. The van der Waals surface area contributed by atoms with Gasteiger partial charge in [-0.1, -0.05) is 26.7 Å². The van der Waals surface area contributed by atoms with Gasteiger partial charge in [0.1, 0.15) is 5.76 Å². The Morgan fingerprint density at radius 3 is 2.53 bits per heavy atom. The van der Waals surface area contributed by atoms with E-state index < -0.39 is 17.0 Å². The van der Waals surface area contributed by atoms with E-state index in [0.717, 1.165) is 19.3 Å². The highest BCUT2D eigenvalue weighted by atomic mass is 16.6. The third kappa shape index (κ3) is 4.87. The fraction of sp³-hybridized carbons (Fsp3) is 0.455. The summed E-state index contributed by atoms with van der Waals surface area (Å²) in [4.78, 5) is 35.1. The average Bonchev–Trinajstić information content (AvgIpc) is 3.22. The lowest BCUT2D eigenvalue weighted by molar-refractivity contribution is -0.384. The summed E-state index contributed by atoms with van der Waals surface area (Å²) in [5.41, 5.74) is 0.553. The van der Waals surface area contributed by atoms with Crippen LogP contribution in [0.15, 0.2) is 40.8 Å². The summed E-state index contributed by atoms with van der Waals surface area (Å²) in [7, 11) is 0. The van der Waals surface area contributed by atoms with Crippen molar-refractivity contribution in [3.63, 3.8) is 0 Å². The van der Waals surface area contributed by atoms with Gasteiger partial charge in [-0.15, -0.1) is 0 Å². The molecule has 0 spiro atoms. The number of carbonyl (C=O) groups excluding carboxylic acids is 2. The molecule has 160 valence electrons. The molecule has 1 aliphatic rings. The number of furan rings is 1. The van der Waals surface area contributed by atoms with Crippen molar-refractivity contribution in [3.8, 4) is 11.3 Å². The number of nitro groups is 1. The highest BCUT2D eigenvalue weighted by Crippen LogP contribution is 2.29. The molecule has 1 amide bonds. The maximum absolute atomic E-state index is 12.5. The van der Waals surface area contributed by atoms with E-state index in [0.29, 0.717) is 23.2 Å². The quantitative estimate of drug-likeness (QED) is 0.427. The van der Waals surface area contributed by atoms with E-state index in [1.54, 1.807) is 6.07 Å². The number of non-ortho nitro benzene ring substituents is 1. The van der Waals surface area contributed by atoms with Crippen molar-refractivity contribution in [2.24, 2.45) is 11.8 Å². The molecule has 1 heterocycles. The smallest absolute Gasteiger partial charge is 0.375 e. The molecule has 1 saturated carbocycles. The first-order chi connectivity index (χ1) is 14.3. The molecule has 1 aromatic carbocycles. The molecule has 0 saturated heterocycles. The molecule has 30 heavy (non-hydrogen) atoms. The van der Waals surface area contributed by atoms with Crippen molar-refractivity contribution >= 4 is 17.6 Å². The van der Waals surface area contributed by atoms with Gasteiger partial charge in [0.15, 0.2) is 6.10 Å².